The summed E-state index contributed by atoms with van der Waals surface area (Å²) in [5.41, 5.74) is 0. The standard InChI is InChI=1S/C11H18ClN3OS/c1-3-8(2)15-10(16)4-5-13-7-11-14-6-9(12)17-11/h6,8,13H,3-5,7H2,1-2H3,(H,15,16). The largest absolute Gasteiger partial charge is 0.354 e. The number of nitrogens with zero attached hydrogens (tertiary/aromatic N) is 1. The monoisotopic (exact) mass is 275 g/mol. The summed E-state index contributed by atoms with van der Waals surface area (Å²) in [6.45, 7) is 5.37. The van der Waals surface area contributed by atoms with Gasteiger partial charge in [-0.05, 0) is 13.3 Å². The summed E-state index contributed by atoms with van der Waals surface area (Å²) in [4.78, 5) is 15.6. The zero-order chi connectivity index (χ0) is 12.7. The van der Waals surface area contributed by atoms with Gasteiger partial charge in [0.2, 0.25) is 5.91 Å². The third kappa shape index (κ3) is 6.00. The maximum Gasteiger partial charge on any atom is 0.221 e. The first-order chi connectivity index (χ1) is 8.11. The highest BCUT2D eigenvalue weighted by Crippen LogP contribution is 2.17. The summed E-state index contributed by atoms with van der Waals surface area (Å²) in [6, 6.07) is 0.250. The Morgan fingerprint density at radius 2 is 2.41 bits per heavy atom. The molecule has 1 unspecified atom stereocenters. The minimum absolute atomic E-state index is 0.0871. The number of hydrogen-bond acceptors (Lipinski definition) is 4. The number of carbonyl (C=O) groups excluding carboxylic acids is 1. The second-order valence-corrected chi connectivity index (χ2v) is 5.61. The van der Waals surface area contributed by atoms with E-state index >= 15 is 0 Å². The van der Waals surface area contributed by atoms with E-state index in [9.17, 15) is 4.79 Å². The van der Waals surface area contributed by atoms with Gasteiger partial charge < -0.3 is 10.6 Å². The molecule has 0 aromatic carbocycles. The van der Waals surface area contributed by atoms with Gasteiger partial charge in [-0.25, -0.2) is 4.98 Å². The Bertz CT molecular complexity index is 356. The first-order valence-corrected chi connectivity index (χ1v) is 6.91. The molecule has 1 heterocycles. The molecule has 1 rings (SSSR count). The van der Waals surface area contributed by atoms with E-state index in [1.165, 1.54) is 11.3 Å². The summed E-state index contributed by atoms with van der Waals surface area (Å²) < 4.78 is 0.691. The summed E-state index contributed by atoms with van der Waals surface area (Å²) in [5.74, 6) is 0.0871. The average Bonchev–Trinajstić information content (AvgIpc) is 2.70. The molecular formula is C11H18ClN3OS. The Morgan fingerprint density at radius 3 is 3.00 bits per heavy atom. The second kappa shape index (κ2) is 7.63. The van der Waals surface area contributed by atoms with Crippen molar-refractivity contribution < 1.29 is 4.79 Å². The fourth-order valence-corrected chi connectivity index (χ4v) is 2.14. The molecule has 0 bridgehead atoms. The van der Waals surface area contributed by atoms with Crippen molar-refractivity contribution in [2.24, 2.45) is 0 Å². The molecule has 1 aromatic heterocycles. The maximum absolute atomic E-state index is 11.4. The lowest BCUT2D eigenvalue weighted by Crippen LogP contribution is -2.33. The van der Waals surface area contributed by atoms with Gasteiger partial charge in [0.15, 0.2) is 0 Å². The van der Waals surface area contributed by atoms with Crippen LogP contribution in [0.4, 0.5) is 0 Å². The van der Waals surface area contributed by atoms with E-state index in [2.05, 4.69) is 22.5 Å². The van der Waals surface area contributed by atoms with Crippen molar-refractivity contribution in [3.05, 3.63) is 15.5 Å². The quantitative estimate of drug-likeness (QED) is 0.750. The van der Waals surface area contributed by atoms with E-state index in [1.54, 1.807) is 6.20 Å². The Balaban J connectivity index is 2.10. The molecule has 0 aliphatic rings. The molecule has 96 valence electrons. The van der Waals surface area contributed by atoms with Crippen molar-refractivity contribution in [3.63, 3.8) is 0 Å². The number of thiazole rings is 1. The van der Waals surface area contributed by atoms with Crippen LogP contribution in [-0.2, 0) is 11.3 Å². The minimum Gasteiger partial charge on any atom is -0.354 e. The lowest BCUT2D eigenvalue weighted by atomic mass is 10.2. The van der Waals surface area contributed by atoms with E-state index in [0.29, 0.717) is 23.8 Å². The highest BCUT2D eigenvalue weighted by molar-refractivity contribution is 7.15. The van der Waals surface area contributed by atoms with Gasteiger partial charge in [0.1, 0.15) is 9.34 Å². The van der Waals surface area contributed by atoms with Gasteiger partial charge in [-0.15, -0.1) is 11.3 Å². The molecule has 17 heavy (non-hydrogen) atoms. The summed E-state index contributed by atoms with van der Waals surface area (Å²) in [5, 5.41) is 7.03. The molecule has 0 aliphatic heterocycles. The molecule has 0 fully saturated rings. The molecule has 4 nitrogen and oxygen atoms in total. The van der Waals surface area contributed by atoms with Gasteiger partial charge in [0.25, 0.3) is 0 Å². The number of carbonyl (C=O) groups is 1. The predicted octanol–water partition coefficient (Wildman–Crippen LogP) is 2.19. The molecular weight excluding hydrogens is 258 g/mol. The summed E-state index contributed by atoms with van der Waals surface area (Å²) >= 11 is 7.21. The molecule has 1 atom stereocenters. The molecule has 6 heteroatoms. The highest BCUT2D eigenvalue weighted by Gasteiger charge is 2.05. The summed E-state index contributed by atoms with van der Waals surface area (Å²) in [7, 11) is 0. The maximum atomic E-state index is 11.4. The van der Waals surface area contributed by atoms with Gasteiger partial charge >= 0.3 is 0 Å². The zero-order valence-electron chi connectivity index (χ0n) is 10.1. The Hall–Kier alpha value is -0.650. The van der Waals surface area contributed by atoms with E-state index in [-0.39, 0.29) is 11.9 Å². The summed E-state index contributed by atoms with van der Waals surface area (Å²) in [6.07, 6.45) is 3.08. The number of hydrogen-bond donors (Lipinski definition) is 2. The van der Waals surface area contributed by atoms with Crippen molar-refractivity contribution in [1.82, 2.24) is 15.6 Å². The predicted molar refractivity (Wildman–Crippen MR) is 71.3 cm³/mol. The normalized spacial score (nSPS) is 12.4. The van der Waals surface area contributed by atoms with Crippen LogP contribution in [-0.4, -0.2) is 23.5 Å². The van der Waals surface area contributed by atoms with Crippen molar-refractivity contribution in [2.45, 2.75) is 39.3 Å². The van der Waals surface area contributed by atoms with Crippen LogP contribution in [0.2, 0.25) is 4.34 Å². The van der Waals surface area contributed by atoms with Crippen LogP contribution < -0.4 is 10.6 Å². The average molecular weight is 276 g/mol. The van der Waals surface area contributed by atoms with Crippen LogP contribution in [0.1, 0.15) is 31.7 Å². The number of halogens is 1. The lowest BCUT2D eigenvalue weighted by Gasteiger charge is -2.11. The second-order valence-electron chi connectivity index (χ2n) is 3.86. The Kier molecular flexibility index (Phi) is 6.47. The van der Waals surface area contributed by atoms with Crippen molar-refractivity contribution >= 4 is 28.8 Å². The van der Waals surface area contributed by atoms with Crippen LogP contribution in [0.15, 0.2) is 6.20 Å². The van der Waals surface area contributed by atoms with Crippen LogP contribution in [0.5, 0.6) is 0 Å². The smallest absolute Gasteiger partial charge is 0.221 e. The van der Waals surface area contributed by atoms with Crippen molar-refractivity contribution in [1.29, 1.82) is 0 Å². The van der Waals surface area contributed by atoms with E-state index in [0.717, 1.165) is 11.4 Å². The SMILES string of the molecule is CCC(C)NC(=O)CCNCc1ncc(Cl)s1. The third-order valence-corrected chi connectivity index (χ3v) is 3.47. The molecule has 2 N–H and O–H groups in total. The number of rotatable bonds is 7. The fraction of sp³-hybridized carbons (Fsp3) is 0.636. The molecule has 0 spiro atoms. The van der Waals surface area contributed by atoms with Gasteiger partial charge in [0.05, 0.1) is 6.20 Å². The first kappa shape index (κ1) is 14.4. The van der Waals surface area contributed by atoms with E-state index in [1.807, 2.05) is 6.92 Å². The highest BCUT2D eigenvalue weighted by atomic mass is 35.5. The topological polar surface area (TPSA) is 54.0 Å². The van der Waals surface area contributed by atoms with Crippen LogP contribution in [0.25, 0.3) is 0 Å². The molecule has 0 saturated heterocycles. The zero-order valence-corrected chi connectivity index (χ0v) is 11.7. The van der Waals surface area contributed by atoms with Gasteiger partial charge in [-0.2, -0.15) is 0 Å². The minimum atomic E-state index is 0.0871. The lowest BCUT2D eigenvalue weighted by molar-refractivity contribution is -0.121. The molecule has 0 saturated carbocycles. The molecule has 1 amide bonds. The number of nitrogens with one attached hydrogen (secondary N) is 2. The number of aromatic nitrogens is 1. The van der Waals surface area contributed by atoms with Crippen molar-refractivity contribution in [3.8, 4) is 0 Å². The fourth-order valence-electron chi connectivity index (χ4n) is 1.22. The van der Waals surface area contributed by atoms with Crippen LogP contribution in [0, 0.1) is 0 Å². The van der Waals surface area contributed by atoms with Crippen molar-refractivity contribution in [2.75, 3.05) is 6.54 Å². The number of amides is 1. The van der Waals surface area contributed by atoms with Gasteiger partial charge in [-0.1, -0.05) is 18.5 Å². The van der Waals surface area contributed by atoms with Crippen LogP contribution >= 0.6 is 22.9 Å². The van der Waals surface area contributed by atoms with Gasteiger partial charge in [-0.3, -0.25) is 4.79 Å². The van der Waals surface area contributed by atoms with Gasteiger partial charge in [0, 0.05) is 25.6 Å². The third-order valence-electron chi connectivity index (χ3n) is 2.35. The first-order valence-electron chi connectivity index (χ1n) is 5.72. The molecule has 0 radical (unpaired) electrons. The molecule has 1 aromatic rings. The van der Waals surface area contributed by atoms with Crippen LogP contribution in [0.3, 0.4) is 0 Å². The Morgan fingerprint density at radius 1 is 1.65 bits per heavy atom. The van der Waals surface area contributed by atoms with E-state index < -0.39 is 0 Å². The Labute approximate surface area is 111 Å². The van der Waals surface area contributed by atoms with E-state index in [4.69, 9.17) is 11.6 Å². The molecule has 0 aliphatic carbocycles.